The Morgan fingerprint density at radius 2 is 1.33 bits per heavy atom. The van der Waals surface area contributed by atoms with Crippen LogP contribution in [-0.4, -0.2) is 0 Å². The summed E-state index contributed by atoms with van der Waals surface area (Å²) in [5, 5.41) is 4.42. The van der Waals surface area contributed by atoms with Crippen LogP contribution < -0.4 is 0 Å². The van der Waals surface area contributed by atoms with Gasteiger partial charge in [-0.2, -0.15) is 0 Å². The van der Waals surface area contributed by atoms with Crippen molar-refractivity contribution in [2.75, 3.05) is 0 Å². The van der Waals surface area contributed by atoms with Crippen LogP contribution in [0.2, 0.25) is 0 Å². The Morgan fingerprint density at radius 3 is 1.83 bits per heavy atom. The lowest BCUT2D eigenvalue weighted by Crippen LogP contribution is -1.96. The fourth-order valence-electron chi connectivity index (χ4n) is 1.73. The molecular weight excluding hydrogens is 184 g/mol. The standard InChI is InChI=1S/C10H8S2/c1-2-8-4-6-12-10(8)9-7(1)3-5-11-9/h3-6H,1-2H2. The number of rotatable bonds is 0. The molecular formula is C10H8S2. The van der Waals surface area contributed by atoms with Crippen molar-refractivity contribution < 1.29 is 0 Å². The fourth-order valence-corrected chi connectivity index (χ4v) is 3.88. The van der Waals surface area contributed by atoms with Gasteiger partial charge in [0.25, 0.3) is 0 Å². The average Bonchev–Trinajstić information content (AvgIpc) is 2.71. The van der Waals surface area contributed by atoms with E-state index in [2.05, 4.69) is 22.9 Å². The summed E-state index contributed by atoms with van der Waals surface area (Å²) in [5.74, 6) is 0. The zero-order chi connectivity index (χ0) is 7.97. The molecule has 0 saturated carbocycles. The van der Waals surface area contributed by atoms with Crippen LogP contribution in [0.15, 0.2) is 22.9 Å². The van der Waals surface area contributed by atoms with Gasteiger partial charge in [0.05, 0.1) is 0 Å². The Bertz CT molecular complexity index is 369. The Balaban J connectivity index is 2.32. The van der Waals surface area contributed by atoms with E-state index in [0.717, 1.165) is 0 Å². The van der Waals surface area contributed by atoms with E-state index in [4.69, 9.17) is 0 Å². The van der Waals surface area contributed by atoms with Gasteiger partial charge in [-0.15, -0.1) is 22.7 Å². The molecule has 1 aliphatic rings. The van der Waals surface area contributed by atoms with Crippen LogP contribution in [0, 0.1) is 0 Å². The Labute approximate surface area is 79.5 Å². The number of aryl methyl sites for hydroxylation is 2. The molecule has 0 N–H and O–H groups in total. The van der Waals surface area contributed by atoms with E-state index in [0.29, 0.717) is 0 Å². The highest BCUT2D eigenvalue weighted by Gasteiger charge is 2.17. The first-order chi connectivity index (χ1) is 5.95. The molecule has 2 heteroatoms. The number of thiophene rings is 2. The number of hydrogen-bond donors (Lipinski definition) is 0. The van der Waals surface area contributed by atoms with Crippen LogP contribution in [0.5, 0.6) is 0 Å². The summed E-state index contributed by atoms with van der Waals surface area (Å²) in [7, 11) is 0. The maximum absolute atomic E-state index is 2.27. The topological polar surface area (TPSA) is 0 Å². The predicted octanol–water partition coefficient (Wildman–Crippen LogP) is 3.58. The quantitative estimate of drug-likeness (QED) is 0.598. The van der Waals surface area contributed by atoms with Crippen molar-refractivity contribution in [2.45, 2.75) is 12.8 Å². The first-order valence-corrected chi connectivity index (χ1v) is 5.84. The zero-order valence-corrected chi connectivity index (χ0v) is 8.17. The molecule has 0 spiro atoms. The second-order valence-corrected chi connectivity index (χ2v) is 4.88. The molecule has 60 valence electrons. The van der Waals surface area contributed by atoms with Gasteiger partial charge in [-0.1, -0.05) is 0 Å². The molecule has 0 amide bonds. The van der Waals surface area contributed by atoms with Crippen molar-refractivity contribution in [3.8, 4) is 9.75 Å². The number of fused-ring (bicyclic) bond motifs is 3. The van der Waals surface area contributed by atoms with Crippen molar-refractivity contribution in [2.24, 2.45) is 0 Å². The summed E-state index contributed by atoms with van der Waals surface area (Å²) in [6.07, 6.45) is 2.48. The molecule has 2 aromatic heterocycles. The fraction of sp³-hybridized carbons (Fsp3) is 0.200. The third kappa shape index (κ3) is 0.822. The molecule has 0 aromatic carbocycles. The maximum Gasteiger partial charge on any atom is 0.0477 e. The summed E-state index contributed by atoms with van der Waals surface area (Å²) in [6.45, 7) is 0. The smallest absolute Gasteiger partial charge is 0.0477 e. The van der Waals surface area contributed by atoms with E-state index in [1.807, 2.05) is 22.7 Å². The van der Waals surface area contributed by atoms with E-state index in [1.165, 1.54) is 22.6 Å². The molecule has 3 rings (SSSR count). The van der Waals surface area contributed by atoms with Gasteiger partial charge in [-0.05, 0) is 46.9 Å². The highest BCUT2D eigenvalue weighted by atomic mass is 32.1. The minimum atomic E-state index is 1.24. The lowest BCUT2D eigenvalue weighted by Gasteiger charge is -2.10. The summed E-state index contributed by atoms with van der Waals surface area (Å²) in [6, 6.07) is 4.53. The minimum Gasteiger partial charge on any atom is -0.143 e. The van der Waals surface area contributed by atoms with Crippen LogP contribution in [-0.2, 0) is 12.8 Å². The van der Waals surface area contributed by atoms with Gasteiger partial charge in [0, 0.05) is 9.75 Å². The van der Waals surface area contributed by atoms with E-state index < -0.39 is 0 Å². The van der Waals surface area contributed by atoms with Crippen LogP contribution in [0.25, 0.3) is 9.75 Å². The van der Waals surface area contributed by atoms with Crippen LogP contribution >= 0.6 is 22.7 Å². The van der Waals surface area contributed by atoms with Gasteiger partial charge in [0.1, 0.15) is 0 Å². The molecule has 0 bridgehead atoms. The predicted molar refractivity (Wildman–Crippen MR) is 55.0 cm³/mol. The average molecular weight is 192 g/mol. The van der Waals surface area contributed by atoms with Crippen LogP contribution in [0.4, 0.5) is 0 Å². The van der Waals surface area contributed by atoms with Gasteiger partial charge in [-0.25, -0.2) is 0 Å². The first kappa shape index (κ1) is 6.87. The Hall–Kier alpha value is -0.600. The van der Waals surface area contributed by atoms with E-state index in [1.54, 1.807) is 11.1 Å². The minimum absolute atomic E-state index is 1.24. The first-order valence-electron chi connectivity index (χ1n) is 4.08. The lowest BCUT2D eigenvalue weighted by molar-refractivity contribution is 0.958. The molecule has 0 aliphatic heterocycles. The highest BCUT2D eigenvalue weighted by molar-refractivity contribution is 7.20. The molecule has 2 heterocycles. The van der Waals surface area contributed by atoms with E-state index in [-0.39, 0.29) is 0 Å². The Kier molecular flexibility index (Phi) is 1.40. The second-order valence-electron chi connectivity index (χ2n) is 3.05. The van der Waals surface area contributed by atoms with Crippen molar-refractivity contribution in [3.05, 3.63) is 34.0 Å². The normalized spacial score (nSPS) is 14.0. The van der Waals surface area contributed by atoms with E-state index >= 15 is 0 Å². The van der Waals surface area contributed by atoms with Gasteiger partial charge in [0.2, 0.25) is 0 Å². The van der Waals surface area contributed by atoms with Gasteiger partial charge in [-0.3, -0.25) is 0 Å². The molecule has 2 aromatic rings. The molecule has 0 fully saturated rings. The number of hydrogen-bond acceptors (Lipinski definition) is 2. The summed E-state index contributed by atoms with van der Waals surface area (Å²) >= 11 is 3.77. The Morgan fingerprint density at radius 1 is 0.833 bits per heavy atom. The zero-order valence-electron chi connectivity index (χ0n) is 6.54. The maximum atomic E-state index is 2.27. The lowest BCUT2D eigenvalue weighted by atomic mass is 9.99. The monoisotopic (exact) mass is 192 g/mol. The molecule has 12 heavy (non-hydrogen) atoms. The van der Waals surface area contributed by atoms with Crippen molar-refractivity contribution in [3.63, 3.8) is 0 Å². The van der Waals surface area contributed by atoms with Gasteiger partial charge in [0.15, 0.2) is 0 Å². The summed E-state index contributed by atoms with van der Waals surface area (Å²) in [5.41, 5.74) is 3.10. The largest absolute Gasteiger partial charge is 0.143 e. The van der Waals surface area contributed by atoms with Gasteiger partial charge >= 0.3 is 0 Å². The second kappa shape index (κ2) is 2.44. The van der Waals surface area contributed by atoms with E-state index in [9.17, 15) is 0 Å². The third-order valence-corrected chi connectivity index (χ3v) is 4.44. The molecule has 0 nitrogen and oxygen atoms in total. The van der Waals surface area contributed by atoms with Crippen molar-refractivity contribution >= 4 is 22.7 Å². The molecule has 0 saturated heterocycles. The summed E-state index contributed by atoms with van der Waals surface area (Å²) < 4.78 is 0. The molecule has 0 unspecified atom stereocenters. The SMILES string of the molecule is c1cc2c(s1)-c1sccc1CC2. The van der Waals surface area contributed by atoms with Crippen LogP contribution in [0.1, 0.15) is 11.1 Å². The van der Waals surface area contributed by atoms with Crippen molar-refractivity contribution in [1.29, 1.82) is 0 Å². The molecule has 0 atom stereocenters. The highest BCUT2D eigenvalue weighted by Crippen LogP contribution is 2.40. The molecule has 0 radical (unpaired) electrons. The van der Waals surface area contributed by atoms with Crippen molar-refractivity contribution in [1.82, 2.24) is 0 Å². The molecule has 1 aliphatic carbocycles. The van der Waals surface area contributed by atoms with Crippen LogP contribution in [0.3, 0.4) is 0 Å². The summed E-state index contributed by atoms with van der Waals surface area (Å²) in [4.78, 5) is 3.04. The third-order valence-electron chi connectivity index (χ3n) is 2.36. The van der Waals surface area contributed by atoms with Gasteiger partial charge < -0.3 is 0 Å².